The summed E-state index contributed by atoms with van der Waals surface area (Å²) in [6, 6.07) is 6.04. The molecule has 5 heteroatoms. The normalized spacial score (nSPS) is 15.8. The Hall–Kier alpha value is -1.88. The van der Waals surface area contributed by atoms with E-state index in [1.165, 1.54) is 0 Å². The molecule has 1 fully saturated rings. The van der Waals surface area contributed by atoms with Crippen molar-refractivity contribution < 1.29 is 9.59 Å². The van der Waals surface area contributed by atoms with Crippen molar-refractivity contribution in [3.63, 3.8) is 0 Å². The first-order valence-corrected chi connectivity index (χ1v) is 8.24. The van der Waals surface area contributed by atoms with Crippen molar-refractivity contribution in [2.24, 2.45) is 5.92 Å². The van der Waals surface area contributed by atoms with E-state index >= 15 is 0 Å². The zero-order chi connectivity index (χ0) is 17.0. The predicted molar refractivity (Wildman–Crippen MR) is 92.4 cm³/mol. The third-order valence-electron chi connectivity index (χ3n) is 4.05. The molecule has 1 aromatic rings. The van der Waals surface area contributed by atoms with Crippen molar-refractivity contribution >= 4 is 17.5 Å². The number of piperazine rings is 1. The van der Waals surface area contributed by atoms with Crippen LogP contribution in [0.3, 0.4) is 0 Å². The zero-order valence-electron chi connectivity index (χ0n) is 14.6. The van der Waals surface area contributed by atoms with Crippen molar-refractivity contribution in [3.05, 3.63) is 29.3 Å². The van der Waals surface area contributed by atoms with Gasteiger partial charge in [-0.25, -0.2) is 0 Å². The van der Waals surface area contributed by atoms with E-state index in [1.807, 2.05) is 44.7 Å². The van der Waals surface area contributed by atoms with Gasteiger partial charge in [0.05, 0.1) is 6.54 Å². The maximum atomic E-state index is 12.2. The minimum absolute atomic E-state index is 0.00126. The van der Waals surface area contributed by atoms with Crippen LogP contribution in [0.5, 0.6) is 0 Å². The van der Waals surface area contributed by atoms with E-state index < -0.39 is 0 Å². The van der Waals surface area contributed by atoms with E-state index in [4.69, 9.17) is 0 Å². The standard InChI is InChI=1S/C18H27N3O2/c1-13(2)18(23)21-7-5-20(6-8-21)12-17(22)19-16-10-14(3)9-15(4)11-16/h9-11,13H,5-8,12H2,1-4H3,(H,19,22). The molecule has 0 aliphatic carbocycles. The van der Waals surface area contributed by atoms with Gasteiger partial charge in [0.1, 0.15) is 0 Å². The summed E-state index contributed by atoms with van der Waals surface area (Å²) < 4.78 is 0. The number of hydrogen-bond acceptors (Lipinski definition) is 3. The SMILES string of the molecule is Cc1cc(C)cc(NC(=O)CN2CCN(C(=O)C(C)C)CC2)c1. The fourth-order valence-electron chi connectivity index (χ4n) is 2.94. The molecule has 5 nitrogen and oxygen atoms in total. The third kappa shape index (κ3) is 5.06. The highest BCUT2D eigenvalue weighted by Gasteiger charge is 2.23. The number of anilines is 1. The van der Waals surface area contributed by atoms with E-state index in [-0.39, 0.29) is 17.7 Å². The van der Waals surface area contributed by atoms with E-state index in [9.17, 15) is 9.59 Å². The first-order chi connectivity index (χ1) is 10.8. The third-order valence-corrected chi connectivity index (χ3v) is 4.05. The highest BCUT2D eigenvalue weighted by Crippen LogP contribution is 2.14. The lowest BCUT2D eigenvalue weighted by Crippen LogP contribution is -2.51. The van der Waals surface area contributed by atoms with Gasteiger partial charge in [-0.15, -0.1) is 0 Å². The minimum atomic E-state index is -0.00126. The Labute approximate surface area is 138 Å². The fourth-order valence-corrected chi connectivity index (χ4v) is 2.94. The molecule has 126 valence electrons. The van der Waals surface area contributed by atoms with Crippen molar-refractivity contribution in [3.8, 4) is 0 Å². The van der Waals surface area contributed by atoms with Gasteiger partial charge in [-0.1, -0.05) is 19.9 Å². The molecule has 0 bridgehead atoms. The summed E-state index contributed by atoms with van der Waals surface area (Å²) in [6.45, 7) is 11.2. The van der Waals surface area contributed by atoms with E-state index in [2.05, 4.69) is 16.3 Å². The van der Waals surface area contributed by atoms with Gasteiger partial charge in [-0.3, -0.25) is 14.5 Å². The molecule has 2 amide bonds. The van der Waals surface area contributed by atoms with E-state index in [0.717, 1.165) is 29.9 Å². The van der Waals surface area contributed by atoms with E-state index in [0.29, 0.717) is 19.6 Å². The summed E-state index contributed by atoms with van der Waals surface area (Å²) in [6.07, 6.45) is 0. The van der Waals surface area contributed by atoms with Crippen LogP contribution >= 0.6 is 0 Å². The quantitative estimate of drug-likeness (QED) is 0.924. The molecule has 0 saturated carbocycles. The number of nitrogens with one attached hydrogen (secondary N) is 1. The molecule has 2 rings (SSSR count). The largest absolute Gasteiger partial charge is 0.340 e. The second-order valence-electron chi connectivity index (χ2n) is 6.68. The molecule has 0 radical (unpaired) electrons. The molecule has 1 aromatic carbocycles. The van der Waals surface area contributed by atoms with Gasteiger partial charge in [-0.2, -0.15) is 0 Å². The van der Waals surface area contributed by atoms with Gasteiger partial charge in [0.2, 0.25) is 11.8 Å². The first-order valence-electron chi connectivity index (χ1n) is 8.24. The number of rotatable bonds is 4. The van der Waals surface area contributed by atoms with Crippen LogP contribution in [-0.2, 0) is 9.59 Å². The number of hydrogen-bond donors (Lipinski definition) is 1. The lowest BCUT2D eigenvalue weighted by molar-refractivity contribution is -0.136. The van der Waals surface area contributed by atoms with Gasteiger partial charge in [-0.05, 0) is 37.1 Å². The average Bonchev–Trinajstić information content (AvgIpc) is 2.45. The van der Waals surface area contributed by atoms with Gasteiger partial charge in [0.15, 0.2) is 0 Å². The van der Waals surface area contributed by atoms with E-state index in [1.54, 1.807) is 0 Å². The van der Waals surface area contributed by atoms with Crippen LogP contribution in [0.2, 0.25) is 0 Å². The molecule has 0 aromatic heterocycles. The lowest BCUT2D eigenvalue weighted by Gasteiger charge is -2.35. The van der Waals surface area contributed by atoms with Gasteiger partial charge in [0, 0.05) is 37.8 Å². The molecule has 1 heterocycles. The molecule has 0 unspecified atom stereocenters. The van der Waals surface area contributed by atoms with Crippen LogP contribution in [-0.4, -0.2) is 54.3 Å². The Morgan fingerprint density at radius 3 is 2.13 bits per heavy atom. The highest BCUT2D eigenvalue weighted by molar-refractivity contribution is 5.92. The molecule has 0 spiro atoms. The van der Waals surface area contributed by atoms with Crippen LogP contribution in [0.1, 0.15) is 25.0 Å². The second-order valence-corrected chi connectivity index (χ2v) is 6.68. The van der Waals surface area contributed by atoms with Crippen molar-refractivity contribution in [2.75, 3.05) is 38.0 Å². The molecule has 1 saturated heterocycles. The van der Waals surface area contributed by atoms with Crippen molar-refractivity contribution in [1.29, 1.82) is 0 Å². The lowest BCUT2D eigenvalue weighted by atomic mass is 10.1. The number of carbonyl (C=O) groups is 2. The van der Waals surface area contributed by atoms with Crippen molar-refractivity contribution in [2.45, 2.75) is 27.7 Å². The number of amides is 2. The highest BCUT2D eigenvalue weighted by atomic mass is 16.2. The molecular formula is C18H27N3O2. The predicted octanol–water partition coefficient (Wildman–Crippen LogP) is 2.04. The Morgan fingerprint density at radius 1 is 1.04 bits per heavy atom. The van der Waals surface area contributed by atoms with Gasteiger partial charge >= 0.3 is 0 Å². The van der Waals surface area contributed by atoms with Crippen LogP contribution in [0, 0.1) is 19.8 Å². The Bertz CT molecular complexity index is 555. The van der Waals surface area contributed by atoms with Crippen LogP contribution in [0.4, 0.5) is 5.69 Å². The summed E-state index contributed by atoms with van der Waals surface area (Å²) in [7, 11) is 0. The maximum absolute atomic E-state index is 12.2. The second kappa shape index (κ2) is 7.59. The first kappa shape index (κ1) is 17.5. The topological polar surface area (TPSA) is 52.7 Å². The van der Waals surface area contributed by atoms with Gasteiger partial charge in [0.25, 0.3) is 0 Å². The van der Waals surface area contributed by atoms with Crippen molar-refractivity contribution in [1.82, 2.24) is 9.80 Å². The summed E-state index contributed by atoms with van der Waals surface area (Å²) >= 11 is 0. The fraction of sp³-hybridized carbons (Fsp3) is 0.556. The van der Waals surface area contributed by atoms with Crippen LogP contribution in [0.15, 0.2) is 18.2 Å². The molecule has 0 atom stereocenters. The molecule has 23 heavy (non-hydrogen) atoms. The minimum Gasteiger partial charge on any atom is -0.340 e. The Kier molecular flexibility index (Phi) is 5.77. The van der Waals surface area contributed by atoms with Crippen LogP contribution < -0.4 is 5.32 Å². The number of carbonyl (C=O) groups excluding carboxylic acids is 2. The molecule has 1 aliphatic heterocycles. The molecule has 1 N–H and O–H groups in total. The molecular weight excluding hydrogens is 290 g/mol. The zero-order valence-corrected chi connectivity index (χ0v) is 14.6. The summed E-state index contributed by atoms with van der Waals surface area (Å²) in [5.74, 6) is 0.234. The summed E-state index contributed by atoms with van der Waals surface area (Å²) in [5, 5.41) is 2.96. The van der Waals surface area contributed by atoms with Gasteiger partial charge < -0.3 is 10.2 Å². The smallest absolute Gasteiger partial charge is 0.238 e. The Balaban J connectivity index is 1.82. The number of benzene rings is 1. The number of aryl methyl sites for hydroxylation is 2. The molecule has 1 aliphatic rings. The maximum Gasteiger partial charge on any atom is 0.238 e. The Morgan fingerprint density at radius 2 is 1.61 bits per heavy atom. The van der Waals surface area contributed by atoms with Crippen LogP contribution in [0.25, 0.3) is 0 Å². The average molecular weight is 317 g/mol. The summed E-state index contributed by atoms with van der Waals surface area (Å²) in [5.41, 5.74) is 3.13. The monoisotopic (exact) mass is 317 g/mol. The number of nitrogens with zero attached hydrogens (tertiary/aromatic N) is 2. The summed E-state index contributed by atoms with van der Waals surface area (Å²) in [4.78, 5) is 28.1.